The summed E-state index contributed by atoms with van der Waals surface area (Å²) in [5.74, 6) is 1.03. The molecule has 1 aliphatic carbocycles. The van der Waals surface area contributed by atoms with E-state index in [4.69, 9.17) is 0 Å². The predicted octanol–water partition coefficient (Wildman–Crippen LogP) is 4.97. The van der Waals surface area contributed by atoms with Gasteiger partial charge < -0.3 is 9.88 Å². The zero-order valence-electron chi connectivity index (χ0n) is 18.2. The minimum Gasteiger partial charge on any atom is -0.361 e. The van der Waals surface area contributed by atoms with Crippen LogP contribution in [0.1, 0.15) is 48.3 Å². The Morgan fingerprint density at radius 3 is 2.38 bits per heavy atom. The number of rotatable bonds is 6. The highest BCUT2D eigenvalue weighted by molar-refractivity contribution is 7.89. The Hall–Kier alpha value is -2.28. The third-order valence-corrected chi connectivity index (χ3v) is 7.79. The van der Waals surface area contributed by atoms with Crippen LogP contribution < -0.4 is 4.90 Å². The van der Waals surface area contributed by atoms with E-state index in [0.717, 1.165) is 25.0 Å². The summed E-state index contributed by atoms with van der Waals surface area (Å²) in [6.45, 7) is 0.559. The van der Waals surface area contributed by atoms with Crippen molar-refractivity contribution in [2.75, 3.05) is 11.4 Å². The van der Waals surface area contributed by atoms with Gasteiger partial charge in [0, 0.05) is 24.8 Å². The summed E-state index contributed by atoms with van der Waals surface area (Å²) >= 11 is 0. The van der Waals surface area contributed by atoms with Gasteiger partial charge in [0.25, 0.3) is 0 Å². The first-order valence-electron chi connectivity index (χ1n) is 10.8. The molecular weight excluding hydrogens is 486 g/mol. The highest BCUT2D eigenvalue weighted by Crippen LogP contribution is 2.40. The van der Waals surface area contributed by atoms with E-state index < -0.39 is 46.4 Å². The molecule has 1 saturated carbocycles. The fourth-order valence-corrected chi connectivity index (χ4v) is 5.28. The second-order valence-corrected chi connectivity index (χ2v) is 10.8. The number of imidazole rings is 1. The Kier molecular flexibility index (Phi) is 6.38. The molecule has 1 aromatic heterocycles. The molecule has 1 unspecified atom stereocenters. The Morgan fingerprint density at radius 2 is 1.82 bits per heavy atom. The molecule has 188 valence electrons. The predicted molar refractivity (Wildman–Crippen MR) is 112 cm³/mol. The van der Waals surface area contributed by atoms with Crippen LogP contribution in [0.4, 0.5) is 32.0 Å². The van der Waals surface area contributed by atoms with Gasteiger partial charge in [-0.15, -0.1) is 0 Å². The van der Waals surface area contributed by atoms with Crippen LogP contribution in [0.25, 0.3) is 0 Å². The molecule has 2 heterocycles. The number of alkyl halides is 6. The molecule has 0 saturated heterocycles. The number of aromatic nitrogens is 2. The fraction of sp³-hybridized carbons (Fsp3) is 0.571. The minimum atomic E-state index is -5.76. The summed E-state index contributed by atoms with van der Waals surface area (Å²) < 4.78 is 105. The van der Waals surface area contributed by atoms with Crippen molar-refractivity contribution < 1.29 is 34.8 Å². The first-order valence-corrected chi connectivity index (χ1v) is 12.2. The van der Waals surface area contributed by atoms with Gasteiger partial charge in [-0.25, -0.2) is 13.4 Å². The monoisotopic (exact) mass is 510 g/mol. The molecule has 13 heteroatoms. The Labute approximate surface area is 193 Å². The number of fused-ring (bicyclic) bond motifs is 1. The van der Waals surface area contributed by atoms with Gasteiger partial charge in [-0.1, -0.05) is 12.8 Å². The summed E-state index contributed by atoms with van der Waals surface area (Å²) in [6, 6.07) is 2.16. The Bertz CT molecular complexity index is 1140. The summed E-state index contributed by atoms with van der Waals surface area (Å²) in [7, 11) is -5.76. The Morgan fingerprint density at radius 1 is 1.12 bits per heavy atom. The normalized spacial score (nSPS) is 20.3. The largest absolute Gasteiger partial charge is 0.511 e. The molecule has 1 aromatic carbocycles. The third kappa shape index (κ3) is 5.19. The van der Waals surface area contributed by atoms with Crippen LogP contribution in [0.5, 0.6) is 0 Å². The van der Waals surface area contributed by atoms with Crippen LogP contribution in [0.3, 0.4) is 0 Å². The molecule has 34 heavy (non-hydrogen) atoms. The molecule has 6 nitrogen and oxygen atoms in total. The molecule has 2 aromatic rings. The number of H-pyrrole nitrogens is 1. The topological polar surface area (TPSA) is 69.3 Å². The van der Waals surface area contributed by atoms with Crippen molar-refractivity contribution in [3.63, 3.8) is 0 Å². The van der Waals surface area contributed by atoms with Crippen LogP contribution in [-0.4, -0.2) is 40.8 Å². The van der Waals surface area contributed by atoms with Crippen LogP contribution in [0.15, 0.2) is 24.4 Å². The lowest BCUT2D eigenvalue weighted by Gasteiger charge is -2.34. The lowest BCUT2D eigenvalue weighted by molar-refractivity contribution is -0.137. The van der Waals surface area contributed by atoms with Gasteiger partial charge in [-0.3, -0.25) is 0 Å². The third-order valence-electron chi connectivity index (χ3n) is 6.25. The van der Waals surface area contributed by atoms with Gasteiger partial charge >= 0.3 is 21.7 Å². The number of aromatic amines is 1. The number of hydrogen-bond donors (Lipinski definition) is 1. The van der Waals surface area contributed by atoms with Crippen LogP contribution >= 0.6 is 0 Å². The number of aryl methyl sites for hydroxylation is 1. The van der Waals surface area contributed by atoms with Gasteiger partial charge in [0.1, 0.15) is 5.82 Å². The van der Waals surface area contributed by atoms with E-state index in [-0.39, 0.29) is 22.1 Å². The van der Waals surface area contributed by atoms with E-state index in [1.54, 1.807) is 18.0 Å². The maximum atomic E-state index is 13.5. The quantitative estimate of drug-likeness (QED) is 0.558. The van der Waals surface area contributed by atoms with Gasteiger partial charge in [0.05, 0.1) is 24.0 Å². The van der Waals surface area contributed by atoms with Gasteiger partial charge in [-0.2, -0.15) is 30.6 Å². The van der Waals surface area contributed by atoms with E-state index in [0.29, 0.717) is 30.3 Å². The second-order valence-electron chi connectivity index (χ2n) is 8.88. The maximum absolute atomic E-state index is 13.5. The molecular formula is C21H24F6N4O2S. The van der Waals surface area contributed by atoms with E-state index in [1.807, 2.05) is 0 Å². The average molecular weight is 511 g/mol. The number of halogens is 6. The second kappa shape index (κ2) is 8.74. The van der Waals surface area contributed by atoms with E-state index in [2.05, 4.69) is 9.97 Å². The number of anilines is 1. The number of nitrogens with one attached hydrogen (secondary N) is 1. The van der Waals surface area contributed by atoms with Crippen molar-refractivity contribution in [2.45, 2.75) is 63.4 Å². The number of benzene rings is 1. The van der Waals surface area contributed by atoms with Crippen molar-refractivity contribution in [1.29, 1.82) is 0 Å². The van der Waals surface area contributed by atoms with Crippen molar-refractivity contribution in [3.05, 3.63) is 47.0 Å². The first kappa shape index (κ1) is 24.8. The van der Waals surface area contributed by atoms with Crippen molar-refractivity contribution in [3.8, 4) is 0 Å². The zero-order valence-corrected chi connectivity index (χ0v) is 19.1. The molecule has 1 atom stereocenters. The Balaban J connectivity index is 1.81. The van der Waals surface area contributed by atoms with Crippen molar-refractivity contribution in [2.24, 2.45) is 5.92 Å². The van der Waals surface area contributed by atoms with Gasteiger partial charge in [0.15, 0.2) is 0 Å². The summed E-state index contributed by atoms with van der Waals surface area (Å²) in [6.07, 6.45) is -0.0792. The van der Waals surface area contributed by atoms with E-state index >= 15 is 0 Å². The van der Waals surface area contributed by atoms with Crippen molar-refractivity contribution in [1.82, 2.24) is 14.3 Å². The van der Waals surface area contributed by atoms with Crippen LogP contribution in [0.2, 0.25) is 0 Å². The minimum absolute atomic E-state index is 0.132. The van der Waals surface area contributed by atoms with Crippen molar-refractivity contribution >= 4 is 15.7 Å². The highest BCUT2D eigenvalue weighted by atomic mass is 32.2. The van der Waals surface area contributed by atoms with Gasteiger partial charge in [0.2, 0.25) is 0 Å². The molecule has 1 N–H and O–H groups in total. The zero-order chi connectivity index (χ0) is 24.9. The molecule has 0 radical (unpaired) electrons. The summed E-state index contributed by atoms with van der Waals surface area (Å²) in [4.78, 5) is 8.85. The average Bonchev–Trinajstić information content (AvgIpc) is 3.48. The SMILES string of the molecule is Cc1ncc(CN2c3ccc(C(F)(F)F)cc3CN(S(=O)(=O)C(F)(F)F)CC2CCC2CC2)[nH]1. The molecule has 0 bridgehead atoms. The van der Waals surface area contributed by atoms with Gasteiger partial charge in [-0.05, 0) is 49.4 Å². The smallest absolute Gasteiger partial charge is 0.361 e. The maximum Gasteiger partial charge on any atom is 0.511 e. The number of sulfonamides is 1. The first-order chi connectivity index (χ1) is 15.8. The molecule has 1 fully saturated rings. The van der Waals surface area contributed by atoms with Crippen LogP contribution in [0, 0.1) is 12.8 Å². The van der Waals surface area contributed by atoms with E-state index in [1.165, 1.54) is 6.07 Å². The lowest BCUT2D eigenvalue weighted by Crippen LogP contribution is -2.47. The van der Waals surface area contributed by atoms with E-state index in [9.17, 15) is 34.8 Å². The number of nitrogens with zero attached hydrogens (tertiary/aromatic N) is 3. The molecule has 0 spiro atoms. The molecule has 2 aliphatic rings. The molecule has 1 aliphatic heterocycles. The standard InChI is InChI=1S/C21H24F6N4O2S/c1-13-28-9-17(29-13)11-31-18(6-4-14-2-3-14)12-30(34(32,33)21(25,26)27)10-15-8-16(20(22,23)24)5-7-19(15)31/h5,7-9,14,18H,2-4,6,10-12H2,1H3,(H,28,29). The summed E-state index contributed by atoms with van der Waals surface area (Å²) in [5.41, 5.74) is -5.85. The molecule has 4 rings (SSSR count). The lowest BCUT2D eigenvalue weighted by atomic mass is 10.0. The summed E-state index contributed by atoms with van der Waals surface area (Å²) in [5, 5.41) is 0. The van der Waals surface area contributed by atoms with Crippen LogP contribution in [-0.2, 0) is 29.3 Å². The molecule has 0 amide bonds. The highest BCUT2D eigenvalue weighted by Gasteiger charge is 2.51. The number of hydrogen-bond acceptors (Lipinski definition) is 4. The fourth-order valence-electron chi connectivity index (χ4n) is 4.31.